The molecular formula is C25H29NO4S. The molecule has 5 nitrogen and oxygen atoms in total. The molecule has 0 aromatic heterocycles. The highest BCUT2D eigenvalue weighted by Crippen LogP contribution is 2.60. The lowest BCUT2D eigenvalue weighted by Crippen LogP contribution is -2.48. The zero-order chi connectivity index (χ0) is 21.8. The van der Waals surface area contributed by atoms with Gasteiger partial charge in [-0.1, -0.05) is 18.2 Å². The van der Waals surface area contributed by atoms with E-state index in [1.54, 1.807) is 13.0 Å². The number of nitrogens with one attached hydrogen (secondary N) is 1. The van der Waals surface area contributed by atoms with Gasteiger partial charge in [0.1, 0.15) is 0 Å². The maximum Gasteiger partial charge on any atom is 0.338 e. The molecule has 0 atom stereocenters. The third-order valence-electron chi connectivity index (χ3n) is 7.71. The summed E-state index contributed by atoms with van der Waals surface area (Å²) in [7, 11) is -2.53. The SMILES string of the molecule is COC(=O)c1cc(S(=O)(=O)Nc2ccc(C34CC5CC(CC(C5)C3)C4)cc2)ccc1C. The second-order valence-electron chi connectivity index (χ2n) is 9.85. The Bertz CT molecular complexity index is 1090. The zero-order valence-electron chi connectivity index (χ0n) is 18.1. The Morgan fingerprint density at radius 3 is 2.10 bits per heavy atom. The highest BCUT2D eigenvalue weighted by atomic mass is 32.2. The topological polar surface area (TPSA) is 72.5 Å². The molecule has 0 radical (unpaired) electrons. The number of methoxy groups -OCH3 is 1. The number of ether oxygens (including phenoxy) is 1. The van der Waals surface area contributed by atoms with E-state index in [-0.39, 0.29) is 10.5 Å². The average Bonchev–Trinajstić information content (AvgIpc) is 2.72. The molecule has 4 saturated carbocycles. The van der Waals surface area contributed by atoms with Crippen LogP contribution in [0, 0.1) is 24.7 Å². The van der Waals surface area contributed by atoms with Crippen LogP contribution >= 0.6 is 0 Å². The number of carbonyl (C=O) groups excluding carboxylic acids is 1. The van der Waals surface area contributed by atoms with Crippen LogP contribution in [0.2, 0.25) is 0 Å². The number of sulfonamides is 1. The van der Waals surface area contributed by atoms with Gasteiger partial charge in [-0.05, 0) is 104 Å². The zero-order valence-corrected chi connectivity index (χ0v) is 18.9. The second kappa shape index (κ2) is 7.37. The normalized spacial score (nSPS) is 29.0. The van der Waals surface area contributed by atoms with Crippen LogP contribution in [0.4, 0.5) is 5.69 Å². The Morgan fingerprint density at radius 1 is 0.968 bits per heavy atom. The highest BCUT2D eigenvalue weighted by Gasteiger charge is 2.51. The first-order valence-electron chi connectivity index (χ1n) is 11.1. The van der Waals surface area contributed by atoms with Crippen LogP contribution in [-0.4, -0.2) is 21.5 Å². The van der Waals surface area contributed by atoms with E-state index in [0.717, 1.165) is 17.8 Å². The minimum atomic E-state index is -3.81. The predicted molar refractivity (Wildman–Crippen MR) is 120 cm³/mol. The fraction of sp³-hybridized carbons (Fsp3) is 0.480. The molecule has 0 spiro atoms. The van der Waals surface area contributed by atoms with Crippen LogP contribution in [0.15, 0.2) is 47.4 Å². The van der Waals surface area contributed by atoms with E-state index in [1.165, 1.54) is 63.3 Å². The first kappa shape index (κ1) is 20.6. The largest absolute Gasteiger partial charge is 0.465 e. The van der Waals surface area contributed by atoms with Crippen LogP contribution in [0.3, 0.4) is 0 Å². The van der Waals surface area contributed by atoms with Crippen molar-refractivity contribution in [2.45, 2.75) is 55.8 Å². The van der Waals surface area contributed by atoms with Gasteiger partial charge in [0.2, 0.25) is 0 Å². The molecule has 6 rings (SSSR count). The third-order valence-corrected chi connectivity index (χ3v) is 9.09. The Morgan fingerprint density at radius 2 is 1.55 bits per heavy atom. The van der Waals surface area contributed by atoms with Gasteiger partial charge in [-0.3, -0.25) is 4.72 Å². The summed E-state index contributed by atoms with van der Waals surface area (Å²) < 4.78 is 33.3. The predicted octanol–water partition coefficient (Wildman–Crippen LogP) is 5.05. The van der Waals surface area contributed by atoms with Gasteiger partial charge in [0.25, 0.3) is 10.0 Å². The molecule has 1 N–H and O–H groups in total. The highest BCUT2D eigenvalue weighted by molar-refractivity contribution is 7.92. The number of rotatable bonds is 5. The standard InChI is InChI=1S/C25H29NO4S/c1-16-3-8-22(12-23(16)24(27)30-2)31(28,29)26-21-6-4-20(5-7-21)25-13-17-9-18(14-25)11-19(10-17)15-25/h3-8,12,17-19,26H,9-11,13-15H2,1-2H3. The maximum atomic E-state index is 12.9. The summed E-state index contributed by atoms with van der Waals surface area (Å²) in [4.78, 5) is 12.0. The Labute approximate surface area is 184 Å². The number of esters is 1. The molecule has 2 aromatic rings. The Hall–Kier alpha value is -2.34. The number of hydrogen-bond acceptors (Lipinski definition) is 4. The van der Waals surface area contributed by atoms with Crippen molar-refractivity contribution >= 4 is 21.7 Å². The van der Waals surface area contributed by atoms with Gasteiger partial charge in [-0.2, -0.15) is 0 Å². The number of benzene rings is 2. The molecule has 0 heterocycles. The van der Waals surface area contributed by atoms with Gasteiger partial charge in [0.05, 0.1) is 17.6 Å². The van der Waals surface area contributed by atoms with Crippen molar-refractivity contribution < 1.29 is 17.9 Å². The van der Waals surface area contributed by atoms with Crippen molar-refractivity contribution in [2.75, 3.05) is 11.8 Å². The molecular weight excluding hydrogens is 410 g/mol. The van der Waals surface area contributed by atoms with Crippen molar-refractivity contribution in [1.29, 1.82) is 0 Å². The molecule has 0 unspecified atom stereocenters. The molecule has 31 heavy (non-hydrogen) atoms. The van der Waals surface area contributed by atoms with Gasteiger partial charge in [-0.15, -0.1) is 0 Å². The fourth-order valence-corrected chi connectivity index (χ4v) is 7.75. The van der Waals surface area contributed by atoms with Gasteiger partial charge in [0.15, 0.2) is 0 Å². The third kappa shape index (κ3) is 3.65. The smallest absolute Gasteiger partial charge is 0.338 e. The molecule has 0 amide bonds. The molecule has 6 heteroatoms. The molecule has 0 aliphatic heterocycles. The lowest BCUT2D eigenvalue weighted by atomic mass is 9.48. The molecule has 0 saturated heterocycles. The average molecular weight is 440 g/mol. The van der Waals surface area contributed by atoms with Crippen LogP contribution in [0.5, 0.6) is 0 Å². The van der Waals surface area contributed by atoms with E-state index < -0.39 is 16.0 Å². The summed E-state index contributed by atoms with van der Waals surface area (Å²) in [6, 6.07) is 12.5. The quantitative estimate of drug-likeness (QED) is 0.662. The number of anilines is 1. The minimum Gasteiger partial charge on any atom is -0.465 e. The summed E-state index contributed by atoms with van der Waals surface area (Å²) in [5.74, 6) is 2.06. The van der Waals surface area contributed by atoms with Crippen molar-refractivity contribution in [2.24, 2.45) is 17.8 Å². The van der Waals surface area contributed by atoms with Crippen LogP contribution in [-0.2, 0) is 20.2 Å². The van der Waals surface area contributed by atoms with E-state index in [1.807, 2.05) is 12.1 Å². The molecule has 4 fully saturated rings. The first-order chi connectivity index (χ1) is 14.8. The summed E-state index contributed by atoms with van der Waals surface area (Å²) in [5.41, 5.74) is 3.11. The second-order valence-corrected chi connectivity index (χ2v) is 11.5. The van der Waals surface area contributed by atoms with Gasteiger partial charge >= 0.3 is 5.97 Å². The molecule has 2 aromatic carbocycles. The molecule has 4 aliphatic carbocycles. The monoisotopic (exact) mass is 439 g/mol. The van der Waals surface area contributed by atoms with Crippen LogP contribution < -0.4 is 4.72 Å². The maximum absolute atomic E-state index is 12.9. The summed E-state index contributed by atoms with van der Waals surface area (Å²) in [5, 5.41) is 0. The van der Waals surface area contributed by atoms with Crippen molar-refractivity contribution in [3.05, 3.63) is 59.2 Å². The fourth-order valence-electron chi connectivity index (χ4n) is 6.67. The molecule has 4 aliphatic rings. The van der Waals surface area contributed by atoms with Gasteiger partial charge < -0.3 is 4.74 Å². The van der Waals surface area contributed by atoms with Gasteiger partial charge in [-0.25, -0.2) is 13.2 Å². The Kier molecular flexibility index (Phi) is 4.88. The summed E-state index contributed by atoms with van der Waals surface area (Å²) in [6.07, 6.45) is 8.06. The molecule has 164 valence electrons. The lowest BCUT2D eigenvalue weighted by Gasteiger charge is -2.57. The lowest BCUT2D eigenvalue weighted by molar-refractivity contribution is -0.00518. The van der Waals surface area contributed by atoms with Gasteiger partial charge in [0, 0.05) is 5.69 Å². The summed E-state index contributed by atoms with van der Waals surface area (Å²) >= 11 is 0. The van der Waals surface area contributed by atoms with E-state index in [9.17, 15) is 13.2 Å². The van der Waals surface area contributed by atoms with E-state index in [0.29, 0.717) is 16.7 Å². The van der Waals surface area contributed by atoms with E-state index in [2.05, 4.69) is 16.9 Å². The number of aryl methyl sites for hydroxylation is 1. The van der Waals surface area contributed by atoms with Crippen LogP contribution in [0.25, 0.3) is 0 Å². The number of carbonyl (C=O) groups is 1. The van der Waals surface area contributed by atoms with Crippen molar-refractivity contribution in [3.63, 3.8) is 0 Å². The van der Waals surface area contributed by atoms with Crippen LogP contribution in [0.1, 0.15) is 60.0 Å². The van der Waals surface area contributed by atoms with Crippen molar-refractivity contribution in [1.82, 2.24) is 0 Å². The minimum absolute atomic E-state index is 0.0451. The Balaban J connectivity index is 1.37. The number of hydrogen-bond donors (Lipinski definition) is 1. The van der Waals surface area contributed by atoms with E-state index in [4.69, 9.17) is 4.74 Å². The summed E-state index contributed by atoms with van der Waals surface area (Å²) in [6.45, 7) is 1.75. The first-order valence-corrected chi connectivity index (χ1v) is 12.6. The van der Waals surface area contributed by atoms with E-state index >= 15 is 0 Å². The van der Waals surface area contributed by atoms with Crippen molar-refractivity contribution in [3.8, 4) is 0 Å². The molecule has 4 bridgehead atoms.